The summed E-state index contributed by atoms with van der Waals surface area (Å²) in [6.45, 7) is 30.9. The van der Waals surface area contributed by atoms with Crippen LogP contribution in [-0.2, 0) is 12.8 Å². The molecule has 0 heterocycles. The van der Waals surface area contributed by atoms with E-state index in [9.17, 15) is 0 Å². The molecule has 2 N–H and O–H groups in total. The van der Waals surface area contributed by atoms with Crippen molar-refractivity contribution in [3.05, 3.63) is 169 Å². The second kappa shape index (κ2) is 15.8. The maximum Gasteiger partial charge on any atom is 0.100 e. The van der Waals surface area contributed by atoms with E-state index in [1.54, 1.807) is 6.08 Å². The van der Waals surface area contributed by atoms with Crippen LogP contribution in [0, 0.1) is 6.92 Å². The zero-order valence-electron chi connectivity index (χ0n) is 24.1. The van der Waals surface area contributed by atoms with E-state index in [-0.39, 0.29) is 0 Å². The summed E-state index contributed by atoms with van der Waals surface area (Å²) < 4.78 is 0. The van der Waals surface area contributed by atoms with Crippen molar-refractivity contribution in [3.8, 4) is 0 Å². The number of allylic oxidation sites excluding steroid dienone is 10. The molecule has 2 nitrogen and oxygen atoms in total. The Kier molecular flexibility index (Phi) is 12.6. The van der Waals surface area contributed by atoms with Gasteiger partial charge in [0.05, 0.1) is 0 Å². The molecule has 0 bridgehead atoms. The summed E-state index contributed by atoms with van der Waals surface area (Å²) in [4.78, 5) is 0. The van der Waals surface area contributed by atoms with E-state index in [1.165, 1.54) is 22.3 Å². The molecule has 0 saturated carbocycles. The molecule has 0 aliphatic heterocycles. The van der Waals surface area contributed by atoms with Gasteiger partial charge in [0.1, 0.15) is 5.82 Å². The third-order valence-corrected chi connectivity index (χ3v) is 6.46. The lowest BCUT2D eigenvalue weighted by Crippen LogP contribution is -2.17. The summed E-state index contributed by atoms with van der Waals surface area (Å²) in [5.41, 5.74) is 10.8. The van der Waals surface area contributed by atoms with Gasteiger partial charge in [-0.3, -0.25) is 0 Å². The zero-order valence-corrected chi connectivity index (χ0v) is 24.1. The lowest BCUT2D eigenvalue weighted by atomic mass is 10.0. The second-order valence-electron chi connectivity index (χ2n) is 9.69. The minimum atomic E-state index is 0.682. The smallest absolute Gasteiger partial charge is 0.100 e. The molecule has 39 heavy (non-hydrogen) atoms. The Morgan fingerprint density at radius 2 is 1.69 bits per heavy atom. The van der Waals surface area contributed by atoms with Crippen LogP contribution in [-0.4, -0.2) is 0 Å². The molecule has 0 radical (unpaired) electrons. The van der Waals surface area contributed by atoms with Crippen molar-refractivity contribution < 1.29 is 0 Å². The van der Waals surface area contributed by atoms with Crippen LogP contribution in [0.25, 0.3) is 5.70 Å². The molecule has 0 amide bonds. The van der Waals surface area contributed by atoms with Crippen molar-refractivity contribution in [1.82, 2.24) is 5.32 Å². The standard InChI is InChI=1S/C37H44N2/c1-10-13-16-35(12-3)29(6)20-18-28(5)19-21-33-15-14-17-36(26-33)31(8)38-32(9)39-37-23-22-34(25-30(37)7)24-27(4)11-2/h10,12-18,20,22-23,25-26,38-39H,1,4-6,8-9,11,19,21,24H2,2-3,7H3/b16-13-,20-18-,35-12+. The summed E-state index contributed by atoms with van der Waals surface area (Å²) in [7, 11) is 0. The van der Waals surface area contributed by atoms with Gasteiger partial charge in [0.25, 0.3) is 0 Å². The van der Waals surface area contributed by atoms with Crippen LogP contribution in [0.1, 0.15) is 48.9 Å². The fraction of sp³-hybridized carbons (Fsp3) is 0.189. The predicted octanol–water partition coefficient (Wildman–Crippen LogP) is 9.94. The van der Waals surface area contributed by atoms with E-state index in [0.29, 0.717) is 5.82 Å². The Balaban J connectivity index is 1.93. The first kappa shape index (κ1) is 30.9. The number of nitrogens with one attached hydrogen (secondary N) is 2. The molecule has 2 aromatic rings. The van der Waals surface area contributed by atoms with Crippen LogP contribution in [0.4, 0.5) is 5.69 Å². The van der Waals surface area contributed by atoms with Crippen LogP contribution >= 0.6 is 0 Å². The van der Waals surface area contributed by atoms with Gasteiger partial charge < -0.3 is 10.6 Å². The molecule has 2 rings (SSSR count). The van der Waals surface area contributed by atoms with Crippen LogP contribution in [0.15, 0.2) is 147 Å². The molecule has 202 valence electrons. The van der Waals surface area contributed by atoms with Gasteiger partial charge in [-0.05, 0) is 85.1 Å². The third kappa shape index (κ3) is 10.5. The fourth-order valence-electron chi connectivity index (χ4n) is 4.02. The fourth-order valence-corrected chi connectivity index (χ4v) is 4.02. The van der Waals surface area contributed by atoms with E-state index in [2.05, 4.69) is 106 Å². The molecule has 0 atom stereocenters. The van der Waals surface area contributed by atoms with Crippen molar-refractivity contribution in [3.63, 3.8) is 0 Å². The summed E-state index contributed by atoms with van der Waals surface area (Å²) in [5.74, 6) is 0.682. The monoisotopic (exact) mass is 516 g/mol. The predicted molar refractivity (Wildman–Crippen MR) is 175 cm³/mol. The Morgan fingerprint density at radius 1 is 0.923 bits per heavy atom. The normalized spacial score (nSPS) is 11.4. The van der Waals surface area contributed by atoms with Gasteiger partial charge >= 0.3 is 0 Å². The molecular formula is C37H44N2. The molecule has 0 aliphatic rings. The van der Waals surface area contributed by atoms with Crippen molar-refractivity contribution in [1.29, 1.82) is 0 Å². The Hall–Kier alpha value is -4.30. The number of hydrogen-bond donors (Lipinski definition) is 2. The Bertz CT molecular complexity index is 1330. The van der Waals surface area contributed by atoms with Crippen LogP contribution < -0.4 is 10.6 Å². The molecular weight excluding hydrogens is 472 g/mol. The van der Waals surface area contributed by atoms with Gasteiger partial charge in [-0.15, -0.1) is 0 Å². The largest absolute Gasteiger partial charge is 0.342 e. The van der Waals surface area contributed by atoms with E-state index < -0.39 is 0 Å². The summed E-state index contributed by atoms with van der Waals surface area (Å²) in [6.07, 6.45) is 15.4. The van der Waals surface area contributed by atoms with E-state index in [1.807, 2.05) is 37.3 Å². The highest BCUT2D eigenvalue weighted by Gasteiger charge is 2.06. The molecule has 0 unspecified atom stereocenters. The molecule has 0 spiro atoms. The van der Waals surface area contributed by atoms with Gasteiger partial charge in [0, 0.05) is 11.4 Å². The number of hydrogen-bond acceptors (Lipinski definition) is 2. The van der Waals surface area contributed by atoms with E-state index in [0.717, 1.165) is 59.4 Å². The number of anilines is 1. The molecule has 0 fully saturated rings. The second-order valence-corrected chi connectivity index (χ2v) is 9.69. The van der Waals surface area contributed by atoms with Gasteiger partial charge in [0.15, 0.2) is 0 Å². The highest BCUT2D eigenvalue weighted by molar-refractivity contribution is 5.65. The SMILES string of the molecule is C=C/C=C\C(=C/C)C(=C)/C=C\C(=C)CCc1cccc(C(=C)NC(=C)Nc2ccc(CC(=C)CC)cc2C)c1. The molecule has 2 aromatic carbocycles. The van der Waals surface area contributed by atoms with Gasteiger partial charge in [-0.25, -0.2) is 0 Å². The van der Waals surface area contributed by atoms with Crippen molar-refractivity contribution in [2.75, 3.05) is 5.32 Å². The van der Waals surface area contributed by atoms with Gasteiger partial charge in [0.2, 0.25) is 0 Å². The minimum Gasteiger partial charge on any atom is -0.342 e. The minimum absolute atomic E-state index is 0.682. The highest BCUT2D eigenvalue weighted by atomic mass is 15.1. The first-order valence-electron chi connectivity index (χ1n) is 13.4. The summed E-state index contributed by atoms with van der Waals surface area (Å²) in [5, 5.41) is 6.69. The average molecular weight is 517 g/mol. The number of benzene rings is 2. The van der Waals surface area contributed by atoms with Crippen molar-refractivity contribution in [2.45, 2.75) is 46.5 Å². The number of rotatable bonds is 16. The van der Waals surface area contributed by atoms with Crippen molar-refractivity contribution in [2.24, 2.45) is 0 Å². The van der Waals surface area contributed by atoms with Crippen molar-refractivity contribution >= 4 is 11.4 Å². The van der Waals surface area contributed by atoms with Gasteiger partial charge in [-0.1, -0.05) is 124 Å². The third-order valence-electron chi connectivity index (χ3n) is 6.46. The Morgan fingerprint density at radius 3 is 2.36 bits per heavy atom. The highest BCUT2D eigenvalue weighted by Crippen LogP contribution is 2.21. The van der Waals surface area contributed by atoms with Crippen LogP contribution in [0.3, 0.4) is 0 Å². The lowest BCUT2D eigenvalue weighted by Gasteiger charge is -2.17. The molecule has 0 aromatic heterocycles. The number of aryl methyl sites for hydroxylation is 2. The first-order valence-corrected chi connectivity index (χ1v) is 13.4. The molecule has 2 heteroatoms. The van der Waals surface area contributed by atoms with Gasteiger partial charge in [-0.2, -0.15) is 0 Å². The zero-order chi connectivity index (χ0) is 28.8. The Labute approximate surface area is 237 Å². The van der Waals surface area contributed by atoms with Crippen LogP contribution in [0.5, 0.6) is 0 Å². The van der Waals surface area contributed by atoms with E-state index in [4.69, 9.17) is 0 Å². The molecule has 0 saturated heterocycles. The van der Waals surface area contributed by atoms with Crippen LogP contribution in [0.2, 0.25) is 0 Å². The maximum atomic E-state index is 4.24. The average Bonchev–Trinajstić information content (AvgIpc) is 2.92. The quantitative estimate of drug-likeness (QED) is 0.171. The first-order chi connectivity index (χ1) is 18.7. The van der Waals surface area contributed by atoms with E-state index >= 15 is 0 Å². The maximum absolute atomic E-state index is 4.24. The summed E-state index contributed by atoms with van der Waals surface area (Å²) in [6, 6.07) is 14.9. The topological polar surface area (TPSA) is 24.1 Å². The molecule has 0 aliphatic carbocycles. The lowest BCUT2D eigenvalue weighted by molar-refractivity contribution is 0.967. The summed E-state index contributed by atoms with van der Waals surface area (Å²) >= 11 is 0.